The Labute approximate surface area is 317 Å². The Morgan fingerprint density at radius 1 is 0.463 bits per heavy atom. The van der Waals surface area contributed by atoms with Crippen LogP contribution in [0.15, 0.2) is 133 Å². The molecule has 0 unspecified atom stereocenters. The maximum Gasteiger partial charge on any atom is 0.166 e. The number of hydrogen-bond donors (Lipinski definition) is 0. The van der Waals surface area contributed by atoms with Crippen molar-refractivity contribution >= 4 is 21.8 Å². The van der Waals surface area contributed by atoms with Crippen molar-refractivity contribution in [3.05, 3.63) is 156 Å². The summed E-state index contributed by atoms with van der Waals surface area (Å²) in [4.78, 5) is 15.8. The lowest BCUT2D eigenvalue weighted by atomic mass is 9.62. The highest BCUT2D eigenvalue weighted by molar-refractivity contribution is 6.11. The van der Waals surface area contributed by atoms with Crippen molar-refractivity contribution in [1.29, 1.82) is 0 Å². The first-order chi connectivity index (χ1) is 26.0. The molecule has 0 bridgehead atoms. The fourth-order valence-electron chi connectivity index (χ4n) is 9.50. The largest absolute Gasteiger partial charge is 0.308 e. The Morgan fingerprint density at radius 2 is 1.07 bits per heavy atom. The molecule has 2 aromatic heterocycles. The van der Waals surface area contributed by atoms with E-state index in [1.165, 1.54) is 55.2 Å². The summed E-state index contributed by atoms with van der Waals surface area (Å²) < 4.78 is 2.50. The molecule has 0 fully saturated rings. The van der Waals surface area contributed by atoms with Crippen LogP contribution in [0.25, 0.3) is 72.8 Å². The van der Waals surface area contributed by atoms with E-state index in [9.17, 15) is 0 Å². The number of hydrogen-bond acceptors (Lipinski definition) is 3. The topological polar surface area (TPSA) is 43.6 Å². The molecule has 264 valence electrons. The monoisotopic (exact) mass is 700 g/mol. The average Bonchev–Trinajstić information content (AvgIpc) is 3.65. The Bertz CT molecular complexity index is 2800. The summed E-state index contributed by atoms with van der Waals surface area (Å²) >= 11 is 0. The third kappa shape index (κ3) is 4.78. The number of aromatic nitrogens is 4. The van der Waals surface area contributed by atoms with Crippen LogP contribution in [-0.2, 0) is 16.2 Å². The van der Waals surface area contributed by atoms with Crippen LogP contribution in [0.4, 0.5) is 0 Å². The maximum atomic E-state index is 5.35. The van der Waals surface area contributed by atoms with Crippen LogP contribution in [0.2, 0.25) is 0 Å². The van der Waals surface area contributed by atoms with Gasteiger partial charge in [-0.15, -0.1) is 0 Å². The van der Waals surface area contributed by atoms with Gasteiger partial charge in [0.1, 0.15) is 0 Å². The van der Waals surface area contributed by atoms with Crippen molar-refractivity contribution in [2.75, 3.05) is 0 Å². The van der Waals surface area contributed by atoms with E-state index in [2.05, 4.69) is 161 Å². The van der Waals surface area contributed by atoms with Gasteiger partial charge in [-0.3, -0.25) is 0 Å². The van der Waals surface area contributed by atoms with Crippen LogP contribution in [0.5, 0.6) is 0 Å². The number of fused-ring (bicyclic) bond motifs is 8. The van der Waals surface area contributed by atoms with Gasteiger partial charge in [0.15, 0.2) is 17.5 Å². The summed E-state index contributed by atoms with van der Waals surface area (Å²) in [5.74, 6) is 1.99. The Balaban J connectivity index is 1.24. The Kier molecular flexibility index (Phi) is 7.01. The molecule has 0 saturated heterocycles. The van der Waals surface area contributed by atoms with E-state index in [4.69, 9.17) is 15.0 Å². The van der Waals surface area contributed by atoms with Crippen LogP contribution >= 0.6 is 0 Å². The molecule has 4 heteroatoms. The smallest absolute Gasteiger partial charge is 0.166 e. The molecule has 0 aliphatic heterocycles. The summed E-state index contributed by atoms with van der Waals surface area (Å²) in [6.45, 7) is 14.3. The molecule has 0 spiro atoms. The van der Waals surface area contributed by atoms with Gasteiger partial charge in [-0.1, -0.05) is 151 Å². The van der Waals surface area contributed by atoms with Crippen molar-refractivity contribution in [2.45, 2.75) is 70.6 Å². The average molecular weight is 701 g/mol. The molecule has 0 saturated carbocycles. The molecule has 4 nitrogen and oxygen atoms in total. The molecular formula is C50H44N4. The molecule has 0 radical (unpaired) electrons. The number of benzene rings is 6. The van der Waals surface area contributed by atoms with Crippen LogP contribution in [0, 0.1) is 0 Å². The lowest BCUT2D eigenvalue weighted by Crippen LogP contribution is -2.34. The first-order valence-electron chi connectivity index (χ1n) is 19.3. The minimum atomic E-state index is -0.0753. The molecular weight excluding hydrogens is 657 g/mol. The SMILES string of the molecule is CC1(C)CCC(C)(C)c2c1ccc1c3ccccc3n(-c3ccccc3-c3nc(-c4ccccc4)nc(-c4ccc5c(c4)-c4ccccc4C5(C)C)n3)c21. The molecule has 2 aliphatic rings. The first-order valence-corrected chi connectivity index (χ1v) is 19.3. The summed E-state index contributed by atoms with van der Waals surface area (Å²) in [7, 11) is 0. The van der Waals surface area contributed by atoms with Gasteiger partial charge < -0.3 is 4.57 Å². The Hall–Kier alpha value is -5.87. The molecule has 6 aromatic carbocycles. The van der Waals surface area contributed by atoms with Crippen molar-refractivity contribution in [1.82, 2.24) is 19.5 Å². The van der Waals surface area contributed by atoms with E-state index in [1.54, 1.807) is 0 Å². The lowest BCUT2D eigenvalue weighted by molar-refractivity contribution is 0.334. The van der Waals surface area contributed by atoms with Crippen LogP contribution in [0.3, 0.4) is 0 Å². The Morgan fingerprint density at radius 3 is 1.89 bits per heavy atom. The fraction of sp³-hybridized carbons (Fsp3) is 0.220. The van der Waals surface area contributed by atoms with Crippen molar-refractivity contribution in [3.8, 4) is 51.0 Å². The number of rotatable bonds is 4. The third-order valence-corrected chi connectivity index (χ3v) is 12.5. The minimum absolute atomic E-state index is 0.00695. The van der Waals surface area contributed by atoms with Gasteiger partial charge in [0.25, 0.3) is 0 Å². The second-order valence-corrected chi connectivity index (χ2v) is 17.1. The quantitative estimate of drug-likeness (QED) is 0.184. The minimum Gasteiger partial charge on any atom is -0.308 e. The van der Waals surface area contributed by atoms with Crippen LogP contribution < -0.4 is 0 Å². The van der Waals surface area contributed by atoms with Crippen molar-refractivity contribution < 1.29 is 0 Å². The third-order valence-electron chi connectivity index (χ3n) is 12.5. The predicted molar refractivity (Wildman–Crippen MR) is 223 cm³/mol. The standard InChI is InChI=1S/C50H44N4/c1-48(2)28-29-49(3,4)43-40(48)27-25-35-34-19-11-14-22-41(34)54(44(35)43)42-23-15-12-20-36(42)47-52-45(31-16-8-7-9-17-31)51-46(53-47)32-24-26-39-37(30-32)33-18-10-13-21-38(33)50(39,5)6/h7-27,30H,28-29H2,1-6H3. The second kappa shape index (κ2) is 11.6. The normalized spacial score (nSPS) is 16.3. The molecule has 10 rings (SSSR count). The van der Waals surface area contributed by atoms with E-state index < -0.39 is 0 Å². The zero-order valence-electron chi connectivity index (χ0n) is 31.9. The van der Waals surface area contributed by atoms with E-state index in [-0.39, 0.29) is 16.2 Å². The van der Waals surface area contributed by atoms with Crippen LogP contribution in [-0.4, -0.2) is 19.5 Å². The maximum absolute atomic E-state index is 5.35. The first kappa shape index (κ1) is 32.8. The lowest BCUT2D eigenvalue weighted by Gasteiger charge is -2.42. The van der Waals surface area contributed by atoms with Gasteiger partial charge in [-0.25, -0.2) is 15.0 Å². The summed E-state index contributed by atoms with van der Waals surface area (Å²) in [5, 5.41) is 2.54. The van der Waals surface area contributed by atoms with E-state index in [1.807, 2.05) is 18.2 Å². The van der Waals surface area contributed by atoms with E-state index in [0.717, 1.165) is 35.2 Å². The molecule has 2 aliphatic carbocycles. The van der Waals surface area contributed by atoms with Gasteiger partial charge in [-0.2, -0.15) is 0 Å². The number of para-hydroxylation sites is 2. The van der Waals surface area contributed by atoms with Gasteiger partial charge in [0, 0.05) is 32.9 Å². The molecule has 0 atom stereocenters. The second-order valence-electron chi connectivity index (χ2n) is 17.1. The summed E-state index contributed by atoms with van der Waals surface area (Å²) in [5.41, 5.74) is 14.6. The van der Waals surface area contributed by atoms with Crippen molar-refractivity contribution in [3.63, 3.8) is 0 Å². The zero-order valence-corrected chi connectivity index (χ0v) is 31.9. The fourth-order valence-corrected chi connectivity index (χ4v) is 9.50. The predicted octanol–water partition coefficient (Wildman–Crippen LogP) is 12.6. The van der Waals surface area contributed by atoms with Gasteiger partial charge in [0.05, 0.1) is 16.7 Å². The van der Waals surface area contributed by atoms with Gasteiger partial charge >= 0.3 is 0 Å². The zero-order chi connectivity index (χ0) is 37.0. The molecule has 2 heterocycles. The van der Waals surface area contributed by atoms with Gasteiger partial charge in [-0.05, 0) is 81.3 Å². The van der Waals surface area contributed by atoms with Gasteiger partial charge in [0.2, 0.25) is 0 Å². The summed E-state index contributed by atoms with van der Waals surface area (Å²) in [6.07, 6.45) is 2.30. The molecule has 0 N–H and O–H groups in total. The molecule has 54 heavy (non-hydrogen) atoms. The number of nitrogens with zero attached hydrogens (tertiary/aromatic N) is 4. The molecule has 8 aromatic rings. The van der Waals surface area contributed by atoms with Crippen molar-refractivity contribution in [2.24, 2.45) is 0 Å². The highest BCUT2D eigenvalue weighted by Crippen LogP contribution is 2.52. The highest BCUT2D eigenvalue weighted by atomic mass is 15.1. The van der Waals surface area contributed by atoms with E-state index >= 15 is 0 Å². The van der Waals surface area contributed by atoms with Crippen LogP contribution in [0.1, 0.15) is 76.6 Å². The molecule has 0 amide bonds. The van der Waals surface area contributed by atoms with E-state index in [0.29, 0.717) is 17.5 Å². The highest BCUT2D eigenvalue weighted by Gasteiger charge is 2.40. The summed E-state index contributed by atoms with van der Waals surface area (Å²) in [6, 6.07) is 48.1.